The minimum absolute atomic E-state index is 0.0259. The van der Waals surface area contributed by atoms with E-state index in [1.165, 1.54) is 21.9 Å². The van der Waals surface area contributed by atoms with Gasteiger partial charge in [-0.25, -0.2) is 4.98 Å². The zero-order valence-electron chi connectivity index (χ0n) is 13.6. The Morgan fingerprint density at radius 2 is 2.24 bits per heavy atom. The second-order valence-corrected chi connectivity index (χ2v) is 6.89. The zero-order valence-corrected chi connectivity index (χ0v) is 14.4. The van der Waals surface area contributed by atoms with Crippen molar-refractivity contribution in [3.8, 4) is 0 Å². The quantitative estimate of drug-likeness (QED) is 0.754. The van der Waals surface area contributed by atoms with Gasteiger partial charge >= 0.3 is 0 Å². The van der Waals surface area contributed by atoms with Crippen LogP contribution in [0.1, 0.15) is 35.0 Å². The molecule has 1 fully saturated rings. The maximum absolute atomic E-state index is 12.5. The highest BCUT2D eigenvalue weighted by Crippen LogP contribution is 2.24. The monoisotopic (exact) mass is 358 g/mol. The Morgan fingerprint density at radius 3 is 3.00 bits per heavy atom. The van der Waals surface area contributed by atoms with E-state index < -0.39 is 5.91 Å². The van der Waals surface area contributed by atoms with Crippen molar-refractivity contribution >= 4 is 22.2 Å². The first kappa shape index (κ1) is 16.0. The second kappa shape index (κ2) is 6.81. The van der Waals surface area contributed by atoms with E-state index in [4.69, 9.17) is 4.42 Å². The van der Waals surface area contributed by atoms with Crippen molar-refractivity contribution in [2.24, 2.45) is 0 Å². The molecular formula is C17H18N4O3S. The molecule has 4 rings (SSSR count). The Labute approximate surface area is 147 Å². The molecule has 1 unspecified atom stereocenters. The molecule has 8 heteroatoms. The highest BCUT2D eigenvalue weighted by Gasteiger charge is 2.26. The van der Waals surface area contributed by atoms with Crippen molar-refractivity contribution in [2.75, 3.05) is 19.6 Å². The van der Waals surface area contributed by atoms with Gasteiger partial charge in [0, 0.05) is 24.3 Å². The summed E-state index contributed by atoms with van der Waals surface area (Å²) in [6, 6.07) is 3.74. The topological polar surface area (TPSA) is 79.8 Å². The van der Waals surface area contributed by atoms with Gasteiger partial charge in [0.1, 0.15) is 11.3 Å². The van der Waals surface area contributed by atoms with Gasteiger partial charge in [0.05, 0.1) is 12.3 Å². The summed E-state index contributed by atoms with van der Waals surface area (Å²) in [5.41, 5.74) is -0.296. The van der Waals surface area contributed by atoms with Crippen LogP contribution in [0.15, 0.2) is 45.4 Å². The number of hydrogen-bond acceptors (Lipinski definition) is 6. The third kappa shape index (κ3) is 3.10. The summed E-state index contributed by atoms with van der Waals surface area (Å²) in [5, 5.41) is 4.64. The summed E-state index contributed by atoms with van der Waals surface area (Å²) in [6.07, 6.45) is 6.90. The fourth-order valence-electron chi connectivity index (χ4n) is 3.21. The minimum Gasteiger partial charge on any atom is -0.468 e. The smallest absolute Gasteiger partial charge is 0.271 e. The Hall–Kier alpha value is -2.45. The molecule has 3 aromatic heterocycles. The number of furan rings is 1. The van der Waals surface area contributed by atoms with E-state index in [1.54, 1.807) is 17.8 Å². The zero-order chi connectivity index (χ0) is 17.2. The van der Waals surface area contributed by atoms with Crippen LogP contribution in [0.5, 0.6) is 0 Å². The van der Waals surface area contributed by atoms with E-state index in [2.05, 4.69) is 15.2 Å². The summed E-state index contributed by atoms with van der Waals surface area (Å²) in [7, 11) is 0. The molecule has 1 aliphatic rings. The van der Waals surface area contributed by atoms with Crippen LogP contribution < -0.4 is 10.9 Å². The van der Waals surface area contributed by atoms with Crippen LogP contribution in [0.4, 0.5) is 0 Å². The number of carbonyl (C=O) groups excluding carboxylic acids is 1. The molecule has 7 nitrogen and oxygen atoms in total. The third-order valence-corrected chi connectivity index (χ3v) is 5.27. The van der Waals surface area contributed by atoms with Gasteiger partial charge in [0.25, 0.3) is 11.5 Å². The van der Waals surface area contributed by atoms with Crippen molar-refractivity contribution in [3.63, 3.8) is 0 Å². The molecule has 0 bridgehead atoms. The molecule has 0 radical (unpaired) electrons. The van der Waals surface area contributed by atoms with Crippen molar-refractivity contribution in [2.45, 2.75) is 18.9 Å². The van der Waals surface area contributed by atoms with Crippen molar-refractivity contribution in [3.05, 3.63) is 57.8 Å². The first-order chi connectivity index (χ1) is 12.2. The van der Waals surface area contributed by atoms with E-state index in [0.29, 0.717) is 11.5 Å². The first-order valence-electron chi connectivity index (χ1n) is 8.24. The maximum Gasteiger partial charge on any atom is 0.271 e. The van der Waals surface area contributed by atoms with Gasteiger partial charge in [-0.15, -0.1) is 11.3 Å². The Morgan fingerprint density at radius 1 is 1.40 bits per heavy atom. The first-order valence-corrected chi connectivity index (χ1v) is 9.12. The summed E-state index contributed by atoms with van der Waals surface area (Å²) in [6.45, 7) is 2.34. The standard InChI is InChI=1S/C17H18N4O3S/c22-15(12-10-19-17-21(16(12)23)7-9-25-17)18-11-13(14-4-3-8-24-14)20-5-1-2-6-20/h3-4,7-10,13H,1-2,5-6,11H2,(H,18,22). The van der Waals surface area contributed by atoms with Gasteiger partial charge in [-0.1, -0.05) is 0 Å². The van der Waals surface area contributed by atoms with Crippen LogP contribution in [0.3, 0.4) is 0 Å². The van der Waals surface area contributed by atoms with Gasteiger partial charge in [-0.05, 0) is 38.1 Å². The lowest BCUT2D eigenvalue weighted by molar-refractivity contribution is 0.0931. The molecule has 25 heavy (non-hydrogen) atoms. The normalized spacial score (nSPS) is 16.3. The fourth-order valence-corrected chi connectivity index (χ4v) is 3.88. The predicted octanol–water partition coefficient (Wildman–Crippen LogP) is 1.92. The van der Waals surface area contributed by atoms with E-state index in [9.17, 15) is 9.59 Å². The van der Waals surface area contributed by atoms with E-state index in [1.807, 2.05) is 12.1 Å². The number of hydrogen-bond donors (Lipinski definition) is 1. The highest BCUT2D eigenvalue weighted by molar-refractivity contribution is 7.15. The molecule has 0 aliphatic carbocycles. The van der Waals surface area contributed by atoms with Crippen molar-refractivity contribution in [1.29, 1.82) is 0 Å². The molecule has 1 aliphatic heterocycles. The lowest BCUT2D eigenvalue weighted by Gasteiger charge is -2.25. The van der Waals surface area contributed by atoms with Crippen molar-refractivity contribution < 1.29 is 9.21 Å². The number of thiazole rings is 1. The molecule has 3 aromatic rings. The second-order valence-electron chi connectivity index (χ2n) is 6.02. The van der Waals surface area contributed by atoms with Crippen LogP contribution in [0.25, 0.3) is 4.96 Å². The lowest BCUT2D eigenvalue weighted by atomic mass is 10.2. The summed E-state index contributed by atoms with van der Waals surface area (Å²) < 4.78 is 6.94. The molecule has 0 saturated carbocycles. The molecule has 0 aromatic carbocycles. The predicted molar refractivity (Wildman–Crippen MR) is 93.9 cm³/mol. The van der Waals surface area contributed by atoms with Gasteiger partial charge in [0.15, 0.2) is 4.96 Å². The Balaban J connectivity index is 1.52. The van der Waals surface area contributed by atoms with Crippen LogP contribution in [0.2, 0.25) is 0 Å². The Kier molecular flexibility index (Phi) is 4.37. The van der Waals surface area contributed by atoms with Crippen molar-refractivity contribution in [1.82, 2.24) is 19.6 Å². The highest BCUT2D eigenvalue weighted by atomic mass is 32.1. The average Bonchev–Trinajstić information content (AvgIpc) is 3.37. The third-order valence-electron chi connectivity index (χ3n) is 4.50. The van der Waals surface area contributed by atoms with E-state index >= 15 is 0 Å². The number of carbonyl (C=O) groups is 1. The van der Waals surface area contributed by atoms with Crippen LogP contribution >= 0.6 is 11.3 Å². The molecule has 1 atom stereocenters. The molecule has 0 spiro atoms. The molecule has 1 amide bonds. The van der Waals surface area contributed by atoms with Gasteiger partial charge in [-0.2, -0.15) is 0 Å². The minimum atomic E-state index is -0.408. The molecule has 1 saturated heterocycles. The fraction of sp³-hybridized carbons (Fsp3) is 0.353. The number of likely N-dealkylation sites (tertiary alicyclic amines) is 1. The number of nitrogens with zero attached hydrogens (tertiary/aromatic N) is 3. The number of aromatic nitrogens is 2. The van der Waals surface area contributed by atoms with Gasteiger partial charge < -0.3 is 9.73 Å². The maximum atomic E-state index is 12.5. The van der Waals surface area contributed by atoms with Gasteiger partial charge in [-0.3, -0.25) is 18.9 Å². The number of rotatable bonds is 5. The van der Waals surface area contributed by atoms with Crippen LogP contribution in [0, 0.1) is 0 Å². The number of fused-ring (bicyclic) bond motifs is 1. The molecule has 1 N–H and O–H groups in total. The molecular weight excluding hydrogens is 340 g/mol. The van der Waals surface area contributed by atoms with Crippen LogP contribution in [-0.2, 0) is 0 Å². The molecule has 130 valence electrons. The number of amides is 1. The average molecular weight is 358 g/mol. The van der Waals surface area contributed by atoms with E-state index in [0.717, 1.165) is 31.7 Å². The Bertz CT molecular complexity index is 925. The molecule has 4 heterocycles. The summed E-state index contributed by atoms with van der Waals surface area (Å²) >= 11 is 1.36. The lowest BCUT2D eigenvalue weighted by Crippen LogP contribution is -2.38. The SMILES string of the molecule is O=C(NCC(c1ccco1)N1CCCC1)c1cnc2sccn2c1=O. The number of nitrogens with one attached hydrogen (secondary N) is 1. The summed E-state index contributed by atoms with van der Waals surface area (Å²) in [5.74, 6) is 0.416. The largest absolute Gasteiger partial charge is 0.468 e. The summed E-state index contributed by atoms with van der Waals surface area (Å²) in [4.78, 5) is 32.0. The van der Waals surface area contributed by atoms with E-state index in [-0.39, 0.29) is 17.2 Å². The van der Waals surface area contributed by atoms with Gasteiger partial charge in [0.2, 0.25) is 0 Å². The van der Waals surface area contributed by atoms with Crippen LogP contribution in [-0.4, -0.2) is 39.8 Å².